The van der Waals surface area contributed by atoms with E-state index in [0.717, 1.165) is 31.7 Å². The van der Waals surface area contributed by atoms with Crippen molar-refractivity contribution in [3.8, 4) is 0 Å². The molecule has 1 aliphatic rings. The lowest BCUT2D eigenvalue weighted by Gasteiger charge is -2.17. The van der Waals surface area contributed by atoms with E-state index in [1.165, 1.54) is 12.0 Å². The van der Waals surface area contributed by atoms with E-state index < -0.39 is 0 Å². The highest BCUT2D eigenvalue weighted by molar-refractivity contribution is 6.42. The van der Waals surface area contributed by atoms with Gasteiger partial charge in [0.1, 0.15) is 0 Å². The van der Waals surface area contributed by atoms with Gasteiger partial charge in [0.2, 0.25) is 0 Å². The molecule has 0 aromatic heterocycles. The maximum absolute atomic E-state index is 6.23. The summed E-state index contributed by atoms with van der Waals surface area (Å²) in [7, 11) is 0. The second-order valence-corrected chi connectivity index (χ2v) is 6.59. The highest BCUT2D eigenvalue weighted by Crippen LogP contribution is 2.25. The Kier molecular flexibility index (Phi) is 5.37. The zero-order valence-electron chi connectivity index (χ0n) is 12.4. The maximum atomic E-state index is 6.23. The Morgan fingerprint density at radius 2 is 1.86 bits per heavy atom. The SMILES string of the molecule is Clc1cccc(CN[C@@H]2CCN(Cc3ccccc3)C2)c1Cl. The van der Waals surface area contributed by atoms with Gasteiger partial charge in [-0.1, -0.05) is 65.7 Å². The van der Waals surface area contributed by atoms with Gasteiger partial charge in [0.15, 0.2) is 0 Å². The lowest BCUT2D eigenvalue weighted by Crippen LogP contribution is -2.32. The van der Waals surface area contributed by atoms with Gasteiger partial charge >= 0.3 is 0 Å². The van der Waals surface area contributed by atoms with E-state index in [9.17, 15) is 0 Å². The van der Waals surface area contributed by atoms with Crippen molar-refractivity contribution in [2.75, 3.05) is 13.1 Å². The number of halogens is 2. The van der Waals surface area contributed by atoms with Crippen LogP contribution in [0.25, 0.3) is 0 Å². The van der Waals surface area contributed by atoms with Crippen LogP contribution in [-0.4, -0.2) is 24.0 Å². The standard InChI is InChI=1S/C18H20Cl2N2/c19-17-8-4-7-15(18(17)20)11-21-16-9-10-22(13-16)12-14-5-2-1-3-6-14/h1-8,16,21H,9-13H2/t16-/m1/s1. The lowest BCUT2D eigenvalue weighted by atomic mass is 10.2. The molecule has 0 aliphatic carbocycles. The summed E-state index contributed by atoms with van der Waals surface area (Å²) in [5, 5.41) is 4.88. The van der Waals surface area contributed by atoms with Crippen LogP contribution < -0.4 is 5.32 Å². The summed E-state index contributed by atoms with van der Waals surface area (Å²) in [5.74, 6) is 0. The van der Waals surface area contributed by atoms with Crippen molar-refractivity contribution in [3.05, 3.63) is 69.7 Å². The molecule has 1 N–H and O–H groups in total. The number of benzene rings is 2. The van der Waals surface area contributed by atoms with Crippen LogP contribution in [0.5, 0.6) is 0 Å². The van der Waals surface area contributed by atoms with Gasteiger partial charge in [-0.3, -0.25) is 4.90 Å². The minimum absolute atomic E-state index is 0.513. The van der Waals surface area contributed by atoms with Crippen LogP contribution in [0.3, 0.4) is 0 Å². The Morgan fingerprint density at radius 1 is 1.05 bits per heavy atom. The number of nitrogens with zero attached hydrogens (tertiary/aromatic N) is 1. The molecular weight excluding hydrogens is 315 g/mol. The highest BCUT2D eigenvalue weighted by atomic mass is 35.5. The quantitative estimate of drug-likeness (QED) is 0.873. The summed E-state index contributed by atoms with van der Waals surface area (Å²) in [6.07, 6.45) is 1.17. The third-order valence-electron chi connectivity index (χ3n) is 4.13. The van der Waals surface area contributed by atoms with Crippen LogP contribution in [0.2, 0.25) is 10.0 Å². The van der Waals surface area contributed by atoms with Crippen LogP contribution in [0.15, 0.2) is 48.5 Å². The molecule has 0 bridgehead atoms. The van der Waals surface area contributed by atoms with Gasteiger partial charge < -0.3 is 5.32 Å². The second-order valence-electron chi connectivity index (χ2n) is 5.80. The van der Waals surface area contributed by atoms with Gasteiger partial charge in [-0.15, -0.1) is 0 Å². The molecule has 0 spiro atoms. The Labute approximate surface area is 142 Å². The fourth-order valence-corrected chi connectivity index (χ4v) is 3.31. The average molecular weight is 335 g/mol. The monoisotopic (exact) mass is 334 g/mol. The molecule has 1 fully saturated rings. The number of likely N-dealkylation sites (tertiary alicyclic amines) is 1. The molecule has 1 aliphatic heterocycles. The molecule has 22 heavy (non-hydrogen) atoms. The Hall–Kier alpha value is -1.06. The first-order valence-corrected chi connectivity index (χ1v) is 8.40. The molecule has 1 heterocycles. The molecule has 2 aromatic carbocycles. The molecule has 0 amide bonds. The molecule has 0 saturated carbocycles. The van der Waals surface area contributed by atoms with Crippen molar-refractivity contribution >= 4 is 23.2 Å². The van der Waals surface area contributed by atoms with E-state index >= 15 is 0 Å². The lowest BCUT2D eigenvalue weighted by molar-refractivity contribution is 0.320. The number of rotatable bonds is 5. The predicted octanol–water partition coefficient (Wildman–Crippen LogP) is 4.36. The van der Waals surface area contributed by atoms with Crippen molar-refractivity contribution in [3.63, 3.8) is 0 Å². The summed E-state index contributed by atoms with van der Waals surface area (Å²) >= 11 is 12.3. The summed E-state index contributed by atoms with van der Waals surface area (Å²) in [6, 6.07) is 16.9. The van der Waals surface area contributed by atoms with Gasteiger partial charge in [0, 0.05) is 32.2 Å². The zero-order valence-corrected chi connectivity index (χ0v) is 13.9. The van der Waals surface area contributed by atoms with Gasteiger partial charge in [0.25, 0.3) is 0 Å². The third-order valence-corrected chi connectivity index (χ3v) is 4.99. The molecule has 2 aromatic rings. The molecule has 1 atom stereocenters. The summed E-state index contributed by atoms with van der Waals surface area (Å²) < 4.78 is 0. The van der Waals surface area contributed by atoms with Crippen molar-refractivity contribution in [1.82, 2.24) is 10.2 Å². The van der Waals surface area contributed by atoms with Crippen molar-refractivity contribution < 1.29 is 0 Å². The minimum atomic E-state index is 0.513. The van der Waals surface area contributed by atoms with Gasteiger partial charge in [-0.25, -0.2) is 0 Å². The Morgan fingerprint density at radius 3 is 2.68 bits per heavy atom. The van der Waals surface area contributed by atoms with Crippen LogP contribution in [0, 0.1) is 0 Å². The average Bonchev–Trinajstić information content (AvgIpc) is 2.97. The molecule has 2 nitrogen and oxygen atoms in total. The minimum Gasteiger partial charge on any atom is -0.309 e. The molecular formula is C18H20Cl2N2. The largest absolute Gasteiger partial charge is 0.309 e. The third kappa shape index (κ3) is 4.02. The van der Waals surface area contributed by atoms with E-state index in [2.05, 4.69) is 40.5 Å². The highest BCUT2D eigenvalue weighted by Gasteiger charge is 2.22. The molecule has 0 unspecified atom stereocenters. The first-order chi connectivity index (χ1) is 10.7. The Balaban J connectivity index is 1.50. The number of nitrogens with one attached hydrogen (secondary N) is 1. The van der Waals surface area contributed by atoms with E-state index in [4.69, 9.17) is 23.2 Å². The van der Waals surface area contributed by atoms with Crippen LogP contribution in [-0.2, 0) is 13.1 Å². The molecule has 0 radical (unpaired) electrons. The van der Waals surface area contributed by atoms with Gasteiger partial charge in [-0.05, 0) is 23.6 Å². The van der Waals surface area contributed by atoms with Crippen LogP contribution >= 0.6 is 23.2 Å². The topological polar surface area (TPSA) is 15.3 Å². The second kappa shape index (κ2) is 7.47. The van der Waals surface area contributed by atoms with E-state index in [1.807, 2.05) is 18.2 Å². The molecule has 4 heteroatoms. The summed E-state index contributed by atoms with van der Waals surface area (Å²) in [4.78, 5) is 2.49. The van der Waals surface area contributed by atoms with E-state index in [-0.39, 0.29) is 0 Å². The van der Waals surface area contributed by atoms with Crippen LogP contribution in [0.4, 0.5) is 0 Å². The fourth-order valence-electron chi connectivity index (χ4n) is 2.92. The van der Waals surface area contributed by atoms with Gasteiger partial charge in [0.05, 0.1) is 10.0 Å². The predicted molar refractivity (Wildman–Crippen MR) is 93.4 cm³/mol. The zero-order chi connectivity index (χ0) is 15.4. The van der Waals surface area contributed by atoms with Crippen molar-refractivity contribution in [2.45, 2.75) is 25.6 Å². The van der Waals surface area contributed by atoms with Crippen molar-refractivity contribution in [1.29, 1.82) is 0 Å². The molecule has 116 valence electrons. The fraction of sp³-hybridized carbons (Fsp3) is 0.333. The summed E-state index contributed by atoms with van der Waals surface area (Å²) in [5.41, 5.74) is 2.44. The van der Waals surface area contributed by atoms with Gasteiger partial charge in [-0.2, -0.15) is 0 Å². The van der Waals surface area contributed by atoms with E-state index in [0.29, 0.717) is 16.1 Å². The van der Waals surface area contributed by atoms with E-state index in [1.54, 1.807) is 0 Å². The van der Waals surface area contributed by atoms with Crippen LogP contribution in [0.1, 0.15) is 17.5 Å². The number of hydrogen-bond acceptors (Lipinski definition) is 2. The molecule has 3 rings (SSSR count). The maximum Gasteiger partial charge on any atom is 0.0637 e. The first kappa shape index (κ1) is 15.8. The number of hydrogen-bond donors (Lipinski definition) is 1. The normalized spacial score (nSPS) is 18.7. The summed E-state index contributed by atoms with van der Waals surface area (Å²) in [6.45, 7) is 4.00. The smallest absolute Gasteiger partial charge is 0.0637 e. The van der Waals surface area contributed by atoms with Crippen molar-refractivity contribution in [2.24, 2.45) is 0 Å². The first-order valence-electron chi connectivity index (χ1n) is 7.65. The molecule has 1 saturated heterocycles. The Bertz CT molecular complexity index is 616.